The van der Waals surface area contributed by atoms with Crippen molar-refractivity contribution in [3.05, 3.63) is 35.9 Å². The summed E-state index contributed by atoms with van der Waals surface area (Å²) in [7, 11) is 1.54. The maximum absolute atomic E-state index is 11.9. The number of methoxy groups -OCH3 is 1. The fraction of sp³-hybridized carbons (Fsp3) is 0.450. The third kappa shape index (κ3) is 6.77. The molecule has 27 heavy (non-hydrogen) atoms. The highest BCUT2D eigenvalue weighted by Crippen LogP contribution is 2.23. The second-order valence-corrected chi connectivity index (χ2v) is 6.57. The van der Waals surface area contributed by atoms with Crippen LogP contribution in [0.5, 0.6) is 5.75 Å². The average molecular weight is 374 g/mol. The van der Waals surface area contributed by atoms with Crippen LogP contribution < -0.4 is 15.4 Å². The number of rotatable bonds is 6. The van der Waals surface area contributed by atoms with E-state index in [-0.39, 0.29) is 6.04 Å². The van der Waals surface area contributed by atoms with Crippen molar-refractivity contribution in [3.8, 4) is 5.75 Å². The third-order valence-electron chi connectivity index (χ3n) is 4.56. The van der Waals surface area contributed by atoms with E-state index in [9.17, 15) is 14.4 Å². The number of amides is 3. The van der Waals surface area contributed by atoms with Gasteiger partial charge in [-0.2, -0.15) is 0 Å². The molecule has 2 unspecified atom stereocenters. The summed E-state index contributed by atoms with van der Waals surface area (Å²) in [6.07, 6.45) is 6.95. The number of esters is 1. The Labute approximate surface area is 159 Å². The second kappa shape index (κ2) is 10.4. The Balaban J connectivity index is 1.73. The van der Waals surface area contributed by atoms with E-state index in [1.807, 2.05) is 12.1 Å². The SMILES string of the molecule is COc1ccccc1/C=C/C(=O)OCC(=O)NC(=O)NC1CCCCC1C. The quantitative estimate of drug-likeness (QED) is 0.590. The van der Waals surface area contributed by atoms with Crippen molar-refractivity contribution in [2.24, 2.45) is 5.92 Å². The van der Waals surface area contributed by atoms with Crippen molar-refractivity contribution < 1.29 is 23.9 Å². The Bertz CT molecular complexity index is 701. The summed E-state index contributed by atoms with van der Waals surface area (Å²) in [6, 6.07) is 6.69. The molecule has 0 heterocycles. The average Bonchev–Trinajstić information content (AvgIpc) is 2.66. The smallest absolute Gasteiger partial charge is 0.331 e. The summed E-state index contributed by atoms with van der Waals surface area (Å²) in [4.78, 5) is 35.4. The number of hydrogen-bond acceptors (Lipinski definition) is 5. The molecule has 2 N–H and O–H groups in total. The molecule has 0 saturated heterocycles. The van der Waals surface area contributed by atoms with E-state index in [1.54, 1.807) is 12.1 Å². The molecule has 3 amide bonds. The summed E-state index contributed by atoms with van der Waals surface area (Å²) < 4.78 is 10.0. The van der Waals surface area contributed by atoms with Gasteiger partial charge in [0.25, 0.3) is 5.91 Å². The van der Waals surface area contributed by atoms with Crippen LogP contribution in [0.1, 0.15) is 38.2 Å². The Morgan fingerprint density at radius 3 is 2.67 bits per heavy atom. The number of urea groups is 1. The monoisotopic (exact) mass is 374 g/mol. The number of imide groups is 1. The lowest BCUT2D eigenvalue weighted by atomic mass is 9.86. The van der Waals surface area contributed by atoms with Crippen LogP contribution >= 0.6 is 0 Å². The highest BCUT2D eigenvalue weighted by Gasteiger charge is 2.23. The van der Waals surface area contributed by atoms with Crippen LogP contribution in [0.25, 0.3) is 6.08 Å². The van der Waals surface area contributed by atoms with Crippen LogP contribution in [0.4, 0.5) is 4.79 Å². The molecule has 1 fully saturated rings. The number of hydrogen-bond donors (Lipinski definition) is 2. The maximum Gasteiger partial charge on any atom is 0.331 e. The van der Waals surface area contributed by atoms with E-state index in [0.29, 0.717) is 17.2 Å². The van der Waals surface area contributed by atoms with Crippen LogP contribution in [-0.2, 0) is 14.3 Å². The second-order valence-electron chi connectivity index (χ2n) is 6.57. The summed E-state index contributed by atoms with van der Waals surface area (Å²) in [5, 5.41) is 4.99. The third-order valence-corrected chi connectivity index (χ3v) is 4.56. The van der Waals surface area contributed by atoms with Gasteiger partial charge in [-0.05, 0) is 30.9 Å². The van der Waals surface area contributed by atoms with Gasteiger partial charge in [0.1, 0.15) is 5.75 Å². The largest absolute Gasteiger partial charge is 0.496 e. The lowest BCUT2D eigenvalue weighted by Gasteiger charge is -2.29. The van der Waals surface area contributed by atoms with Crippen LogP contribution in [0.2, 0.25) is 0 Å². The van der Waals surface area contributed by atoms with Gasteiger partial charge in [-0.25, -0.2) is 9.59 Å². The topological polar surface area (TPSA) is 93.7 Å². The Hall–Kier alpha value is -2.83. The molecule has 0 aliphatic heterocycles. The molecule has 7 nitrogen and oxygen atoms in total. The summed E-state index contributed by atoms with van der Waals surface area (Å²) in [5.74, 6) is -0.349. The number of nitrogens with one attached hydrogen (secondary N) is 2. The lowest BCUT2D eigenvalue weighted by Crippen LogP contribution is -2.48. The van der Waals surface area contributed by atoms with Crippen LogP contribution in [0, 0.1) is 5.92 Å². The minimum absolute atomic E-state index is 0.0675. The van der Waals surface area contributed by atoms with E-state index in [0.717, 1.165) is 25.7 Å². The van der Waals surface area contributed by atoms with Crippen molar-refractivity contribution in [3.63, 3.8) is 0 Å². The number of carbonyl (C=O) groups is 3. The fourth-order valence-electron chi connectivity index (χ4n) is 3.04. The van der Waals surface area contributed by atoms with Gasteiger partial charge in [-0.3, -0.25) is 10.1 Å². The fourth-order valence-corrected chi connectivity index (χ4v) is 3.04. The summed E-state index contributed by atoms with van der Waals surface area (Å²) in [5.41, 5.74) is 0.711. The molecule has 2 atom stereocenters. The molecule has 146 valence electrons. The molecular weight excluding hydrogens is 348 g/mol. The van der Waals surface area contributed by atoms with E-state index in [1.165, 1.54) is 19.3 Å². The molecule has 1 aliphatic carbocycles. The first kappa shape index (κ1) is 20.5. The standard InChI is InChI=1S/C20H26N2O5/c1-14-7-3-5-9-16(14)21-20(25)22-18(23)13-27-19(24)12-11-15-8-4-6-10-17(15)26-2/h4,6,8,10-12,14,16H,3,5,7,9,13H2,1-2H3,(H2,21,22,23,25)/b12-11+. The van der Waals surface area contributed by atoms with Crippen molar-refractivity contribution in [2.75, 3.05) is 13.7 Å². The van der Waals surface area contributed by atoms with Crippen molar-refractivity contribution in [1.29, 1.82) is 0 Å². The van der Waals surface area contributed by atoms with Crippen molar-refractivity contribution >= 4 is 24.0 Å². The molecule has 1 saturated carbocycles. The molecule has 0 aromatic heterocycles. The molecule has 2 rings (SSSR count). The van der Waals surface area contributed by atoms with Gasteiger partial charge in [0, 0.05) is 17.7 Å². The predicted molar refractivity (Wildman–Crippen MR) is 101 cm³/mol. The van der Waals surface area contributed by atoms with Gasteiger partial charge in [-0.1, -0.05) is 38.0 Å². The Kier molecular flexibility index (Phi) is 7.85. The molecular formula is C20H26N2O5. The zero-order valence-corrected chi connectivity index (χ0v) is 15.7. The van der Waals surface area contributed by atoms with Gasteiger partial charge < -0.3 is 14.8 Å². The normalized spacial score (nSPS) is 19.3. The molecule has 7 heteroatoms. The first-order chi connectivity index (χ1) is 13.0. The minimum Gasteiger partial charge on any atom is -0.496 e. The van der Waals surface area contributed by atoms with Crippen molar-refractivity contribution in [2.45, 2.75) is 38.6 Å². The molecule has 1 aliphatic rings. The van der Waals surface area contributed by atoms with Gasteiger partial charge in [-0.15, -0.1) is 0 Å². The van der Waals surface area contributed by atoms with Crippen LogP contribution in [0.15, 0.2) is 30.3 Å². The van der Waals surface area contributed by atoms with Gasteiger partial charge in [0.05, 0.1) is 7.11 Å². The van der Waals surface area contributed by atoms with Crippen LogP contribution in [-0.4, -0.2) is 37.7 Å². The number of benzene rings is 1. The molecule has 0 radical (unpaired) electrons. The highest BCUT2D eigenvalue weighted by molar-refractivity contribution is 5.96. The van der Waals surface area contributed by atoms with Gasteiger partial charge >= 0.3 is 12.0 Å². The first-order valence-corrected chi connectivity index (χ1v) is 9.07. The molecule has 1 aromatic carbocycles. The van der Waals surface area contributed by atoms with E-state index >= 15 is 0 Å². The first-order valence-electron chi connectivity index (χ1n) is 9.07. The number of para-hydroxylation sites is 1. The van der Waals surface area contributed by atoms with Gasteiger partial charge in [0.2, 0.25) is 0 Å². The van der Waals surface area contributed by atoms with Crippen molar-refractivity contribution in [1.82, 2.24) is 10.6 Å². The Morgan fingerprint density at radius 2 is 1.93 bits per heavy atom. The van der Waals surface area contributed by atoms with E-state index in [4.69, 9.17) is 9.47 Å². The van der Waals surface area contributed by atoms with E-state index in [2.05, 4.69) is 17.6 Å². The molecule has 0 spiro atoms. The Morgan fingerprint density at radius 1 is 1.19 bits per heavy atom. The molecule has 0 bridgehead atoms. The predicted octanol–water partition coefficient (Wildman–Crippen LogP) is 2.66. The zero-order valence-electron chi connectivity index (χ0n) is 15.7. The number of ether oxygens (including phenoxy) is 2. The van der Waals surface area contributed by atoms with Crippen LogP contribution in [0.3, 0.4) is 0 Å². The number of carbonyl (C=O) groups excluding carboxylic acids is 3. The maximum atomic E-state index is 11.9. The summed E-state index contributed by atoms with van der Waals surface area (Å²) >= 11 is 0. The minimum atomic E-state index is -0.683. The van der Waals surface area contributed by atoms with E-state index < -0.39 is 24.5 Å². The highest BCUT2D eigenvalue weighted by atomic mass is 16.5. The zero-order chi connectivity index (χ0) is 19.6. The summed E-state index contributed by atoms with van der Waals surface area (Å²) in [6.45, 7) is 1.56. The molecule has 1 aromatic rings. The van der Waals surface area contributed by atoms with Gasteiger partial charge in [0.15, 0.2) is 6.61 Å². The lowest BCUT2D eigenvalue weighted by molar-refractivity contribution is -0.143.